The van der Waals surface area contributed by atoms with E-state index in [1.54, 1.807) is 0 Å². The number of rotatable bonds is 1. The number of H-pyrrole nitrogens is 1. The molecule has 3 atom stereocenters. The van der Waals surface area contributed by atoms with Gasteiger partial charge >= 0.3 is 0 Å². The Hall–Kier alpha value is -1.39. The van der Waals surface area contributed by atoms with Gasteiger partial charge in [-0.2, -0.15) is 0 Å². The quantitative estimate of drug-likeness (QED) is 0.842. The summed E-state index contributed by atoms with van der Waals surface area (Å²) >= 11 is 0. The van der Waals surface area contributed by atoms with Crippen molar-refractivity contribution in [3.05, 3.63) is 29.1 Å². The summed E-state index contributed by atoms with van der Waals surface area (Å²) in [7, 11) is 0. The third kappa shape index (κ3) is 1.84. The lowest BCUT2D eigenvalue weighted by atomic mass is 9.51. The average molecular weight is 325 g/mol. The van der Waals surface area contributed by atoms with Gasteiger partial charge in [-0.15, -0.1) is 0 Å². The average Bonchev–Trinajstić information content (AvgIpc) is 3.18. The fraction of sp³-hybridized carbons (Fsp3) is 0.650. The highest BCUT2D eigenvalue weighted by Crippen LogP contribution is 2.54. The van der Waals surface area contributed by atoms with Crippen molar-refractivity contribution in [2.45, 2.75) is 64.0 Å². The van der Waals surface area contributed by atoms with Gasteiger partial charge in [0.1, 0.15) is 11.9 Å². The summed E-state index contributed by atoms with van der Waals surface area (Å²) in [4.78, 5) is 8.42. The van der Waals surface area contributed by atoms with Crippen molar-refractivity contribution in [2.24, 2.45) is 5.41 Å². The molecule has 128 valence electrons. The molecule has 0 amide bonds. The molecule has 2 aliphatic heterocycles. The first-order valence-corrected chi connectivity index (χ1v) is 9.37. The van der Waals surface area contributed by atoms with Crippen LogP contribution in [0, 0.1) is 5.41 Å². The lowest BCUT2D eigenvalue weighted by molar-refractivity contribution is 0.0561. The van der Waals surface area contributed by atoms with Crippen LogP contribution in [0.3, 0.4) is 0 Å². The molecule has 4 nitrogen and oxygen atoms in total. The summed E-state index contributed by atoms with van der Waals surface area (Å²) in [6.07, 6.45) is 4.68. The Bertz CT molecular complexity index is 803. The van der Waals surface area contributed by atoms with Gasteiger partial charge in [0.25, 0.3) is 0 Å². The Balaban J connectivity index is 1.66. The molecule has 2 fully saturated rings. The summed E-state index contributed by atoms with van der Waals surface area (Å²) < 4.78 is 5.81. The molecule has 24 heavy (non-hydrogen) atoms. The number of fused-ring (bicyclic) bond motifs is 5. The zero-order valence-corrected chi connectivity index (χ0v) is 14.9. The summed E-state index contributed by atoms with van der Waals surface area (Å²) in [5.74, 6) is 1.01. The van der Waals surface area contributed by atoms with Gasteiger partial charge in [-0.25, -0.2) is 4.98 Å². The third-order valence-electron chi connectivity index (χ3n) is 7.29. The predicted molar refractivity (Wildman–Crippen MR) is 95.3 cm³/mol. The van der Waals surface area contributed by atoms with E-state index in [9.17, 15) is 0 Å². The molecule has 0 spiro atoms. The molecule has 2 bridgehead atoms. The second-order valence-electron chi connectivity index (χ2n) is 8.66. The summed E-state index contributed by atoms with van der Waals surface area (Å²) in [5.41, 5.74) is 5.76. The first-order chi connectivity index (χ1) is 11.5. The predicted octanol–water partition coefficient (Wildman–Crippen LogP) is 3.62. The number of benzene rings is 1. The first kappa shape index (κ1) is 14.9. The van der Waals surface area contributed by atoms with Crippen molar-refractivity contribution in [1.82, 2.24) is 15.3 Å². The van der Waals surface area contributed by atoms with Gasteiger partial charge in [0.05, 0.1) is 11.0 Å². The number of hydrogen-bond donors (Lipinski definition) is 2. The molecule has 2 saturated heterocycles. The molecule has 0 saturated carbocycles. The second-order valence-corrected chi connectivity index (χ2v) is 8.66. The molecule has 4 heteroatoms. The fourth-order valence-corrected chi connectivity index (χ4v) is 5.24. The van der Waals surface area contributed by atoms with Crippen molar-refractivity contribution in [2.75, 3.05) is 13.2 Å². The van der Waals surface area contributed by atoms with Gasteiger partial charge in [-0.1, -0.05) is 20.8 Å². The SMILES string of the molecule is CC1(C)[C@@H]2Cc3cc4[nH]c([C@@H]5CCCO5)nc4cc3[C@]1(C)CCN2. The lowest BCUT2D eigenvalue weighted by Gasteiger charge is -2.57. The molecule has 0 radical (unpaired) electrons. The van der Waals surface area contributed by atoms with Gasteiger partial charge in [0.2, 0.25) is 0 Å². The fourth-order valence-electron chi connectivity index (χ4n) is 5.24. The Morgan fingerprint density at radius 2 is 2.12 bits per heavy atom. The molecule has 2 N–H and O–H groups in total. The highest BCUT2D eigenvalue weighted by Gasteiger charge is 2.53. The van der Waals surface area contributed by atoms with E-state index < -0.39 is 0 Å². The minimum absolute atomic E-state index is 0.155. The molecular formula is C20H27N3O. The van der Waals surface area contributed by atoms with E-state index in [0.29, 0.717) is 6.04 Å². The minimum atomic E-state index is 0.155. The van der Waals surface area contributed by atoms with E-state index in [2.05, 4.69) is 43.2 Å². The van der Waals surface area contributed by atoms with Crippen LogP contribution in [0.4, 0.5) is 0 Å². The number of imidazole rings is 1. The molecule has 2 aromatic rings. The van der Waals surface area contributed by atoms with E-state index in [4.69, 9.17) is 9.72 Å². The monoisotopic (exact) mass is 325 g/mol. The zero-order valence-electron chi connectivity index (χ0n) is 14.9. The Kier molecular flexibility index (Phi) is 3.00. The maximum atomic E-state index is 5.81. The molecule has 3 aliphatic rings. The molecule has 3 heterocycles. The highest BCUT2D eigenvalue weighted by molar-refractivity contribution is 5.78. The van der Waals surface area contributed by atoms with Crippen LogP contribution in [0.1, 0.15) is 63.1 Å². The van der Waals surface area contributed by atoms with Gasteiger partial charge in [-0.3, -0.25) is 0 Å². The Morgan fingerprint density at radius 3 is 2.92 bits per heavy atom. The number of nitrogens with zero attached hydrogens (tertiary/aromatic N) is 1. The number of nitrogens with one attached hydrogen (secondary N) is 2. The number of aromatic amines is 1. The number of aromatic nitrogens is 2. The van der Waals surface area contributed by atoms with Crippen molar-refractivity contribution in [3.8, 4) is 0 Å². The Morgan fingerprint density at radius 1 is 1.25 bits per heavy atom. The van der Waals surface area contributed by atoms with Crippen LogP contribution in [0.25, 0.3) is 11.0 Å². The maximum absolute atomic E-state index is 5.81. The standard InChI is InChI=1S/C20H27N3O/c1-19(2)17-10-12-9-14-15(11-13(12)20(19,3)6-7-21-17)23-18(22-14)16-5-4-8-24-16/h9,11,16-17,21H,4-8,10H2,1-3H3,(H,22,23)/t16-,17-,20-/m0/s1. The lowest BCUT2D eigenvalue weighted by Crippen LogP contribution is -2.62. The molecular weight excluding hydrogens is 298 g/mol. The third-order valence-corrected chi connectivity index (χ3v) is 7.29. The molecule has 1 aliphatic carbocycles. The van der Waals surface area contributed by atoms with E-state index in [1.165, 1.54) is 23.1 Å². The summed E-state index contributed by atoms with van der Waals surface area (Å²) in [6.45, 7) is 9.29. The van der Waals surface area contributed by atoms with E-state index in [-0.39, 0.29) is 16.9 Å². The van der Waals surface area contributed by atoms with Crippen LogP contribution < -0.4 is 5.32 Å². The maximum Gasteiger partial charge on any atom is 0.136 e. The minimum Gasteiger partial charge on any atom is -0.370 e. The van der Waals surface area contributed by atoms with Gasteiger partial charge in [-0.05, 0) is 60.9 Å². The molecule has 5 rings (SSSR count). The van der Waals surface area contributed by atoms with Crippen LogP contribution in [-0.2, 0) is 16.6 Å². The van der Waals surface area contributed by atoms with Crippen LogP contribution in [0.15, 0.2) is 12.1 Å². The van der Waals surface area contributed by atoms with Crippen molar-refractivity contribution < 1.29 is 4.74 Å². The van der Waals surface area contributed by atoms with Gasteiger partial charge < -0.3 is 15.0 Å². The van der Waals surface area contributed by atoms with Crippen LogP contribution >= 0.6 is 0 Å². The smallest absolute Gasteiger partial charge is 0.136 e. The van der Waals surface area contributed by atoms with Crippen LogP contribution in [-0.4, -0.2) is 29.2 Å². The number of piperidine rings is 1. The topological polar surface area (TPSA) is 49.9 Å². The Labute approximate surface area is 143 Å². The van der Waals surface area contributed by atoms with Crippen LogP contribution in [0.5, 0.6) is 0 Å². The zero-order chi connectivity index (χ0) is 16.5. The van der Waals surface area contributed by atoms with E-state index in [0.717, 1.165) is 43.8 Å². The molecule has 1 aromatic heterocycles. The normalized spacial score (nSPS) is 34.5. The first-order valence-electron chi connectivity index (χ1n) is 9.37. The molecule has 1 aromatic carbocycles. The summed E-state index contributed by atoms with van der Waals surface area (Å²) in [5, 5.41) is 3.76. The van der Waals surface area contributed by atoms with Gasteiger partial charge in [0, 0.05) is 18.1 Å². The van der Waals surface area contributed by atoms with Crippen molar-refractivity contribution >= 4 is 11.0 Å². The van der Waals surface area contributed by atoms with Gasteiger partial charge in [0.15, 0.2) is 0 Å². The van der Waals surface area contributed by atoms with Crippen LogP contribution in [0.2, 0.25) is 0 Å². The highest BCUT2D eigenvalue weighted by atomic mass is 16.5. The second kappa shape index (κ2) is 4.83. The molecule has 0 unspecified atom stereocenters. The van der Waals surface area contributed by atoms with Crippen molar-refractivity contribution in [3.63, 3.8) is 0 Å². The largest absolute Gasteiger partial charge is 0.370 e. The number of hydrogen-bond acceptors (Lipinski definition) is 3. The van der Waals surface area contributed by atoms with Crippen molar-refractivity contribution in [1.29, 1.82) is 0 Å². The summed E-state index contributed by atoms with van der Waals surface area (Å²) in [6, 6.07) is 5.27. The number of ether oxygens (including phenoxy) is 1. The van der Waals surface area contributed by atoms with E-state index in [1.807, 2.05) is 0 Å². The van der Waals surface area contributed by atoms with E-state index >= 15 is 0 Å².